The van der Waals surface area contributed by atoms with Crippen LogP contribution in [0.25, 0.3) is 0 Å². The highest BCUT2D eigenvalue weighted by atomic mass is 35.5. The van der Waals surface area contributed by atoms with Crippen LogP contribution in [0.5, 0.6) is 0 Å². The number of carbonyl (C=O) groups excluding carboxylic acids is 1. The third kappa shape index (κ3) is 4.19. The second-order valence-corrected chi connectivity index (χ2v) is 6.33. The molecule has 3 rings (SSSR count). The lowest BCUT2D eigenvalue weighted by molar-refractivity contribution is 0.102. The Labute approximate surface area is 151 Å². The minimum atomic E-state index is -0.193. The fourth-order valence-electron chi connectivity index (χ4n) is 2.43. The van der Waals surface area contributed by atoms with Gasteiger partial charge in [-0.25, -0.2) is 4.68 Å². The molecule has 128 valence electrons. The minimum Gasteiger partial charge on any atom is -0.378 e. The van der Waals surface area contributed by atoms with E-state index in [0.29, 0.717) is 22.9 Å². The number of benzene rings is 2. The van der Waals surface area contributed by atoms with Gasteiger partial charge in [0.05, 0.1) is 12.7 Å². The van der Waals surface area contributed by atoms with E-state index in [1.165, 1.54) is 0 Å². The molecule has 0 atom stereocenters. The molecule has 3 aromatic rings. The fourth-order valence-corrected chi connectivity index (χ4v) is 2.55. The van der Waals surface area contributed by atoms with E-state index in [1.54, 1.807) is 41.2 Å². The van der Waals surface area contributed by atoms with Crippen molar-refractivity contribution in [3.05, 3.63) is 76.9 Å². The van der Waals surface area contributed by atoms with E-state index in [-0.39, 0.29) is 5.91 Å². The van der Waals surface area contributed by atoms with Gasteiger partial charge in [-0.15, -0.1) is 0 Å². The summed E-state index contributed by atoms with van der Waals surface area (Å²) >= 11 is 5.86. The zero-order valence-corrected chi connectivity index (χ0v) is 14.9. The molecule has 0 saturated heterocycles. The van der Waals surface area contributed by atoms with Crippen molar-refractivity contribution >= 4 is 29.0 Å². The molecule has 0 radical (unpaired) electrons. The number of aromatic nitrogens is 2. The summed E-state index contributed by atoms with van der Waals surface area (Å²) in [5, 5.41) is 7.79. The minimum absolute atomic E-state index is 0.193. The molecule has 1 N–H and O–H groups in total. The van der Waals surface area contributed by atoms with Crippen LogP contribution in [0.3, 0.4) is 0 Å². The first kappa shape index (κ1) is 17.0. The van der Waals surface area contributed by atoms with Gasteiger partial charge in [0.1, 0.15) is 5.82 Å². The number of nitrogens with zero attached hydrogens (tertiary/aromatic N) is 3. The predicted molar refractivity (Wildman–Crippen MR) is 102 cm³/mol. The summed E-state index contributed by atoms with van der Waals surface area (Å²) in [7, 11) is 4.01. The third-order valence-corrected chi connectivity index (χ3v) is 4.10. The number of hydrogen-bond acceptors (Lipinski definition) is 3. The average molecular weight is 355 g/mol. The Hall–Kier alpha value is -2.79. The largest absolute Gasteiger partial charge is 0.378 e. The van der Waals surface area contributed by atoms with Gasteiger partial charge in [0.25, 0.3) is 5.91 Å². The summed E-state index contributed by atoms with van der Waals surface area (Å²) in [6, 6.07) is 16.8. The maximum atomic E-state index is 12.3. The second kappa shape index (κ2) is 7.40. The third-order valence-electron chi connectivity index (χ3n) is 3.85. The van der Waals surface area contributed by atoms with Crippen LogP contribution in [0.15, 0.2) is 60.8 Å². The van der Waals surface area contributed by atoms with Gasteiger partial charge in [-0.05, 0) is 42.0 Å². The van der Waals surface area contributed by atoms with E-state index in [0.717, 1.165) is 11.3 Å². The van der Waals surface area contributed by atoms with Crippen molar-refractivity contribution in [2.75, 3.05) is 24.3 Å². The number of hydrogen-bond donors (Lipinski definition) is 1. The number of carbonyl (C=O) groups is 1. The van der Waals surface area contributed by atoms with E-state index in [9.17, 15) is 4.79 Å². The van der Waals surface area contributed by atoms with Gasteiger partial charge < -0.3 is 10.2 Å². The average Bonchev–Trinajstić information content (AvgIpc) is 3.02. The maximum absolute atomic E-state index is 12.3. The van der Waals surface area contributed by atoms with Crippen LogP contribution in [0.4, 0.5) is 11.5 Å². The second-order valence-electron chi connectivity index (χ2n) is 5.90. The molecule has 0 saturated carbocycles. The van der Waals surface area contributed by atoms with Gasteiger partial charge in [-0.3, -0.25) is 4.79 Å². The number of halogens is 1. The molecule has 2 aromatic carbocycles. The van der Waals surface area contributed by atoms with Crippen molar-refractivity contribution in [2.45, 2.75) is 6.54 Å². The highest BCUT2D eigenvalue weighted by Gasteiger charge is 2.10. The van der Waals surface area contributed by atoms with Crippen LogP contribution in [0.1, 0.15) is 15.9 Å². The normalized spacial score (nSPS) is 10.5. The molecule has 0 aliphatic heterocycles. The molecule has 0 bridgehead atoms. The Morgan fingerprint density at radius 2 is 1.76 bits per heavy atom. The van der Waals surface area contributed by atoms with Crippen molar-refractivity contribution in [1.29, 1.82) is 0 Å². The molecule has 1 aromatic heterocycles. The maximum Gasteiger partial charge on any atom is 0.256 e. The molecule has 0 fully saturated rings. The van der Waals surface area contributed by atoms with Crippen molar-refractivity contribution < 1.29 is 4.79 Å². The standard InChI is InChI=1S/C19H19ClN4O/c1-23(2)17-9-3-14(4-10-17)13-24-18(11-12-21-24)22-19(25)15-5-7-16(20)8-6-15/h3-12H,13H2,1-2H3,(H,22,25). The monoisotopic (exact) mass is 354 g/mol. The van der Waals surface area contributed by atoms with Crippen LogP contribution in [-0.2, 0) is 6.54 Å². The van der Waals surface area contributed by atoms with Crippen molar-refractivity contribution in [3.8, 4) is 0 Å². The number of nitrogens with one attached hydrogen (secondary N) is 1. The molecule has 25 heavy (non-hydrogen) atoms. The van der Waals surface area contributed by atoms with Crippen LogP contribution in [-0.4, -0.2) is 29.8 Å². The van der Waals surface area contributed by atoms with E-state index >= 15 is 0 Å². The molecular formula is C19H19ClN4O. The van der Waals surface area contributed by atoms with Gasteiger partial charge in [0.2, 0.25) is 0 Å². The topological polar surface area (TPSA) is 50.2 Å². The summed E-state index contributed by atoms with van der Waals surface area (Å²) in [6.45, 7) is 0.580. The molecule has 1 amide bonds. The first-order valence-corrected chi connectivity index (χ1v) is 8.26. The Bertz CT molecular complexity index is 854. The molecule has 0 unspecified atom stereocenters. The fraction of sp³-hybridized carbons (Fsp3) is 0.158. The van der Waals surface area contributed by atoms with E-state index in [1.807, 2.05) is 14.1 Å². The zero-order valence-electron chi connectivity index (χ0n) is 14.1. The first-order valence-electron chi connectivity index (χ1n) is 7.88. The van der Waals surface area contributed by atoms with Crippen molar-refractivity contribution in [1.82, 2.24) is 9.78 Å². The van der Waals surface area contributed by atoms with Crippen molar-refractivity contribution in [3.63, 3.8) is 0 Å². The summed E-state index contributed by atoms with van der Waals surface area (Å²) in [4.78, 5) is 14.4. The van der Waals surface area contributed by atoms with Crippen molar-refractivity contribution in [2.24, 2.45) is 0 Å². The lowest BCUT2D eigenvalue weighted by atomic mass is 10.2. The van der Waals surface area contributed by atoms with E-state index in [2.05, 4.69) is 39.6 Å². The first-order chi connectivity index (χ1) is 12.0. The van der Waals surface area contributed by atoms with Crippen LogP contribution in [0.2, 0.25) is 5.02 Å². The Balaban J connectivity index is 1.72. The van der Waals surface area contributed by atoms with Gasteiger partial charge >= 0.3 is 0 Å². The smallest absolute Gasteiger partial charge is 0.256 e. The molecule has 6 heteroatoms. The molecule has 0 aliphatic rings. The summed E-state index contributed by atoms with van der Waals surface area (Å²) < 4.78 is 1.76. The SMILES string of the molecule is CN(C)c1ccc(Cn2nccc2NC(=O)c2ccc(Cl)cc2)cc1. The number of amides is 1. The van der Waals surface area contributed by atoms with Gasteiger partial charge in [0, 0.05) is 36.4 Å². The number of rotatable bonds is 5. The summed E-state index contributed by atoms with van der Waals surface area (Å²) in [5.74, 6) is 0.456. The molecule has 1 heterocycles. The lowest BCUT2D eigenvalue weighted by Gasteiger charge is -2.13. The Morgan fingerprint density at radius 3 is 2.40 bits per heavy atom. The van der Waals surface area contributed by atoms with E-state index < -0.39 is 0 Å². The molecule has 0 aliphatic carbocycles. The summed E-state index contributed by atoms with van der Waals surface area (Å²) in [5.41, 5.74) is 2.80. The summed E-state index contributed by atoms with van der Waals surface area (Å²) in [6.07, 6.45) is 1.67. The highest BCUT2D eigenvalue weighted by molar-refractivity contribution is 6.30. The predicted octanol–water partition coefficient (Wildman–Crippen LogP) is 3.90. The van der Waals surface area contributed by atoms with Crippen LogP contribution >= 0.6 is 11.6 Å². The van der Waals surface area contributed by atoms with Crippen LogP contribution < -0.4 is 10.2 Å². The Morgan fingerprint density at radius 1 is 1.08 bits per heavy atom. The van der Waals surface area contributed by atoms with Crippen LogP contribution in [0, 0.1) is 0 Å². The van der Waals surface area contributed by atoms with E-state index in [4.69, 9.17) is 11.6 Å². The number of anilines is 2. The Kier molecular flexibility index (Phi) is 5.05. The lowest BCUT2D eigenvalue weighted by Crippen LogP contribution is -2.16. The van der Waals surface area contributed by atoms with Gasteiger partial charge in [0.15, 0.2) is 0 Å². The zero-order chi connectivity index (χ0) is 17.8. The van der Waals surface area contributed by atoms with Gasteiger partial charge in [-0.2, -0.15) is 5.10 Å². The van der Waals surface area contributed by atoms with Gasteiger partial charge in [-0.1, -0.05) is 23.7 Å². The highest BCUT2D eigenvalue weighted by Crippen LogP contribution is 2.16. The molecule has 0 spiro atoms. The molecular weight excluding hydrogens is 336 g/mol. The quantitative estimate of drug-likeness (QED) is 0.756. The molecule has 5 nitrogen and oxygen atoms in total.